The van der Waals surface area contributed by atoms with Crippen LogP contribution in [0.3, 0.4) is 0 Å². The quantitative estimate of drug-likeness (QED) is 0.814. The third-order valence-corrected chi connectivity index (χ3v) is 7.11. The first kappa shape index (κ1) is 17.2. The lowest BCUT2D eigenvalue weighted by Gasteiger charge is -2.32. The van der Waals surface area contributed by atoms with Crippen molar-refractivity contribution in [3.63, 3.8) is 0 Å². The minimum absolute atomic E-state index is 0.232. The first-order valence-corrected chi connectivity index (χ1v) is 10.5. The average Bonchev–Trinajstić information content (AvgIpc) is 2.93. The van der Waals surface area contributed by atoms with Crippen LogP contribution in [0.1, 0.15) is 68.3 Å². The van der Waals surface area contributed by atoms with Gasteiger partial charge in [0.15, 0.2) is 0 Å². The Kier molecular flexibility index (Phi) is 4.49. The highest BCUT2D eigenvalue weighted by molar-refractivity contribution is 7.18. The molecule has 5 heteroatoms. The third kappa shape index (κ3) is 2.95. The van der Waals surface area contributed by atoms with Crippen molar-refractivity contribution in [1.82, 2.24) is 14.5 Å². The molecule has 1 aliphatic carbocycles. The Labute approximate surface area is 153 Å². The standard InChI is InChI=1S/C20H29N3OS/c1-12(2)18-21-19-17(15-6-5-13(3)11-16(15)25-19)20(24)23(18)14-7-9-22(4)10-8-14/h12-14H,5-11H2,1-4H3. The lowest BCUT2D eigenvalue weighted by molar-refractivity contribution is 0.215. The maximum Gasteiger partial charge on any atom is 0.262 e. The number of likely N-dealkylation sites (tertiary alicyclic amines) is 1. The largest absolute Gasteiger partial charge is 0.306 e. The number of aryl methyl sites for hydroxylation is 1. The van der Waals surface area contributed by atoms with E-state index in [-0.39, 0.29) is 11.5 Å². The number of piperidine rings is 1. The van der Waals surface area contributed by atoms with Gasteiger partial charge in [0.2, 0.25) is 0 Å². The summed E-state index contributed by atoms with van der Waals surface area (Å²) in [6.07, 6.45) is 5.45. The summed E-state index contributed by atoms with van der Waals surface area (Å²) in [6.45, 7) is 8.76. The second-order valence-electron chi connectivity index (χ2n) is 8.37. The molecule has 1 atom stereocenters. The number of aromatic nitrogens is 2. The maximum absolute atomic E-state index is 13.6. The van der Waals surface area contributed by atoms with Gasteiger partial charge < -0.3 is 4.90 Å². The van der Waals surface area contributed by atoms with Crippen LogP contribution in [-0.2, 0) is 12.8 Å². The van der Waals surface area contributed by atoms with Gasteiger partial charge in [0, 0.05) is 16.8 Å². The molecule has 0 bridgehead atoms. The summed E-state index contributed by atoms with van der Waals surface area (Å²) in [4.78, 5) is 23.3. The van der Waals surface area contributed by atoms with Gasteiger partial charge in [-0.1, -0.05) is 20.8 Å². The van der Waals surface area contributed by atoms with Crippen molar-refractivity contribution in [2.75, 3.05) is 20.1 Å². The predicted molar refractivity (Wildman–Crippen MR) is 105 cm³/mol. The molecular formula is C20H29N3OS. The molecule has 3 heterocycles. The molecule has 0 spiro atoms. The van der Waals surface area contributed by atoms with Crippen molar-refractivity contribution in [3.8, 4) is 0 Å². The van der Waals surface area contributed by atoms with Crippen LogP contribution in [0.2, 0.25) is 0 Å². The molecule has 0 radical (unpaired) electrons. The molecule has 1 aliphatic heterocycles. The second-order valence-corrected chi connectivity index (χ2v) is 9.45. The molecule has 0 aromatic carbocycles. The van der Waals surface area contributed by atoms with Gasteiger partial charge >= 0.3 is 0 Å². The number of hydrogen-bond acceptors (Lipinski definition) is 4. The highest BCUT2D eigenvalue weighted by Gasteiger charge is 2.28. The molecule has 0 N–H and O–H groups in total. The maximum atomic E-state index is 13.6. The summed E-state index contributed by atoms with van der Waals surface area (Å²) in [7, 11) is 2.17. The van der Waals surface area contributed by atoms with E-state index in [0.717, 1.165) is 60.7 Å². The number of rotatable bonds is 2. The highest BCUT2D eigenvalue weighted by Crippen LogP contribution is 2.37. The minimum atomic E-state index is 0.232. The van der Waals surface area contributed by atoms with Gasteiger partial charge in [0.25, 0.3) is 5.56 Å². The Bertz CT molecular complexity index is 843. The van der Waals surface area contributed by atoms with Crippen LogP contribution in [0.5, 0.6) is 0 Å². The Hall–Kier alpha value is -1.20. The fraction of sp³-hybridized carbons (Fsp3) is 0.700. The van der Waals surface area contributed by atoms with Gasteiger partial charge in [-0.05, 0) is 63.7 Å². The van der Waals surface area contributed by atoms with Crippen molar-refractivity contribution in [2.45, 2.75) is 64.8 Å². The molecule has 136 valence electrons. The Balaban J connectivity index is 1.90. The molecule has 0 amide bonds. The summed E-state index contributed by atoms with van der Waals surface area (Å²) in [5, 5.41) is 0.940. The molecule has 1 fully saturated rings. The smallest absolute Gasteiger partial charge is 0.262 e. The fourth-order valence-corrected chi connectivity index (χ4v) is 5.81. The molecule has 0 saturated carbocycles. The van der Waals surface area contributed by atoms with Gasteiger partial charge in [-0.15, -0.1) is 11.3 Å². The average molecular weight is 360 g/mol. The van der Waals surface area contributed by atoms with Crippen molar-refractivity contribution in [1.29, 1.82) is 0 Å². The molecule has 2 aromatic rings. The van der Waals surface area contributed by atoms with Crippen molar-refractivity contribution in [2.24, 2.45) is 5.92 Å². The van der Waals surface area contributed by atoms with Crippen LogP contribution in [0, 0.1) is 5.92 Å². The summed E-state index contributed by atoms with van der Waals surface area (Å²) < 4.78 is 2.07. The van der Waals surface area contributed by atoms with Gasteiger partial charge in [0.05, 0.1) is 5.39 Å². The Morgan fingerprint density at radius 1 is 1.20 bits per heavy atom. The van der Waals surface area contributed by atoms with Crippen LogP contribution >= 0.6 is 11.3 Å². The Morgan fingerprint density at radius 3 is 2.60 bits per heavy atom. The number of thiophene rings is 1. The lowest BCUT2D eigenvalue weighted by Crippen LogP contribution is -2.37. The number of hydrogen-bond donors (Lipinski definition) is 0. The van der Waals surface area contributed by atoms with Gasteiger partial charge in [-0.25, -0.2) is 4.98 Å². The first-order valence-electron chi connectivity index (χ1n) is 9.71. The third-order valence-electron chi connectivity index (χ3n) is 5.96. The SMILES string of the molecule is CC1CCc2c(sc3nc(C(C)C)n(C4CCN(C)CC4)c(=O)c23)C1. The van der Waals surface area contributed by atoms with Gasteiger partial charge in [0.1, 0.15) is 10.7 Å². The van der Waals surface area contributed by atoms with E-state index in [2.05, 4.69) is 37.3 Å². The zero-order chi connectivity index (χ0) is 17.7. The zero-order valence-corrected chi connectivity index (χ0v) is 16.7. The van der Waals surface area contributed by atoms with E-state index in [9.17, 15) is 4.79 Å². The molecule has 2 aromatic heterocycles. The Morgan fingerprint density at radius 2 is 1.92 bits per heavy atom. The van der Waals surface area contributed by atoms with Gasteiger partial charge in [-0.2, -0.15) is 0 Å². The summed E-state index contributed by atoms with van der Waals surface area (Å²) >= 11 is 1.77. The van der Waals surface area contributed by atoms with Crippen LogP contribution in [0.15, 0.2) is 4.79 Å². The summed E-state index contributed by atoms with van der Waals surface area (Å²) in [6, 6.07) is 0.302. The first-order chi connectivity index (χ1) is 12.0. The normalized spacial score (nSPS) is 22.7. The molecule has 2 aliphatic rings. The van der Waals surface area contributed by atoms with E-state index in [0.29, 0.717) is 6.04 Å². The van der Waals surface area contributed by atoms with Crippen molar-refractivity contribution in [3.05, 3.63) is 26.6 Å². The van der Waals surface area contributed by atoms with Crippen LogP contribution in [0.25, 0.3) is 10.2 Å². The molecular weight excluding hydrogens is 330 g/mol. The van der Waals surface area contributed by atoms with Gasteiger partial charge in [-0.3, -0.25) is 9.36 Å². The molecule has 25 heavy (non-hydrogen) atoms. The van der Waals surface area contributed by atoms with Crippen molar-refractivity contribution < 1.29 is 0 Å². The van der Waals surface area contributed by atoms with E-state index in [1.54, 1.807) is 11.3 Å². The van der Waals surface area contributed by atoms with E-state index >= 15 is 0 Å². The lowest BCUT2D eigenvalue weighted by atomic mass is 9.89. The van der Waals surface area contributed by atoms with Crippen molar-refractivity contribution >= 4 is 21.6 Å². The van der Waals surface area contributed by atoms with E-state index in [4.69, 9.17) is 4.98 Å². The van der Waals surface area contributed by atoms with E-state index in [1.165, 1.54) is 16.9 Å². The molecule has 4 rings (SSSR count). The highest BCUT2D eigenvalue weighted by atomic mass is 32.1. The monoisotopic (exact) mass is 359 g/mol. The zero-order valence-electron chi connectivity index (χ0n) is 15.8. The second kappa shape index (κ2) is 6.51. The molecule has 4 nitrogen and oxygen atoms in total. The molecule has 1 unspecified atom stereocenters. The minimum Gasteiger partial charge on any atom is -0.306 e. The van der Waals surface area contributed by atoms with E-state index < -0.39 is 0 Å². The predicted octanol–water partition coefficient (Wildman–Crippen LogP) is 3.97. The van der Waals surface area contributed by atoms with E-state index in [1.807, 2.05) is 0 Å². The summed E-state index contributed by atoms with van der Waals surface area (Å²) in [5.74, 6) is 1.98. The number of fused-ring (bicyclic) bond motifs is 3. The molecule has 1 saturated heterocycles. The van der Waals surface area contributed by atoms with Crippen LogP contribution in [0.4, 0.5) is 0 Å². The van der Waals surface area contributed by atoms with Crippen LogP contribution < -0.4 is 5.56 Å². The van der Waals surface area contributed by atoms with Crippen LogP contribution in [-0.4, -0.2) is 34.6 Å². The summed E-state index contributed by atoms with van der Waals surface area (Å²) in [5.41, 5.74) is 1.54. The fourth-order valence-electron chi connectivity index (χ4n) is 4.43. The number of nitrogens with zero attached hydrogens (tertiary/aromatic N) is 3. The topological polar surface area (TPSA) is 38.1 Å².